The van der Waals surface area contributed by atoms with Crippen LogP contribution in [0.15, 0.2) is 90.2 Å². The van der Waals surface area contributed by atoms with Crippen LogP contribution >= 0.6 is 0 Å². The van der Waals surface area contributed by atoms with Crippen molar-refractivity contribution in [2.24, 2.45) is 5.10 Å². The van der Waals surface area contributed by atoms with Gasteiger partial charge >= 0.3 is 0 Å². The van der Waals surface area contributed by atoms with Crippen molar-refractivity contribution in [3.05, 3.63) is 96.3 Å². The summed E-state index contributed by atoms with van der Waals surface area (Å²) in [6.45, 7) is 1.81. The summed E-state index contributed by atoms with van der Waals surface area (Å²) in [6, 6.07) is 24.8. The number of benzene rings is 2. The molecule has 0 fully saturated rings. The number of aromatic nitrogens is 2. The van der Waals surface area contributed by atoms with Gasteiger partial charge in [0.1, 0.15) is 0 Å². The first kappa shape index (κ1) is 17.5. The minimum Gasteiger partial charge on any atom is -0.267 e. The lowest BCUT2D eigenvalue weighted by molar-refractivity contribution is 0.0956. The van der Waals surface area contributed by atoms with Crippen molar-refractivity contribution < 1.29 is 4.79 Å². The first-order valence-corrected chi connectivity index (χ1v) is 8.93. The van der Waals surface area contributed by atoms with E-state index in [9.17, 15) is 4.79 Å². The lowest BCUT2D eigenvalue weighted by Crippen LogP contribution is -2.20. The third-order valence-electron chi connectivity index (χ3n) is 4.39. The number of nitrogens with zero attached hydrogens (tertiary/aromatic N) is 3. The Labute approximate surface area is 162 Å². The number of amides is 1. The molecule has 0 saturated heterocycles. The van der Waals surface area contributed by atoms with Crippen LogP contribution in [0.25, 0.3) is 22.2 Å². The molecule has 0 atom stereocenters. The highest BCUT2D eigenvalue weighted by atomic mass is 16.2. The number of carbonyl (C=O) groups is 1. The van der Waals surface area contributed by atoms with Crippen LogP contribution in [0.1, 0.15) is 23.0 Å². The molecule has 5 heteroatoms. The Morgan fingerprint density at radius 2 is 1.68 bits per heavy atom. The summed E-state index contributed by atoms with van der Waals surface area (Å²) in [7, 11) is 0. The van der Waals surface area contributed by atoms with Crippen LogP contribution in [0.5, 0.6) is 0 Å². The molecule has 2 heterocycles. The Balaban J connectivity index is 1.72. The summed E-state index contributed by atoms with van der Waals surface area (Å²) in [5.74, 6) is -0.286. The van der Waals surface area contributed by atoms with E-state index in [2.05, 4.69) is 15.5 Å². The lowest BCUT2D eigenvalue weighted by Gasteiger charge is -2.09. The Morgan fingerprint density at radius 1 is 0.929 bits per heavy atom. The number of hydrogen-bond donors (Lipinski definition) is 1. The van der Waals surface area contributed by atoms with Crippen LogP contribution in [0.3, 0.4) is 0 Å². The second-order valence-corrected chi connectivity index (χ2v) is 6.29. The molecule has 0 saturated carbocycles. The first-order chi connectivity index (χ1) is 13.7. The number of fused-ring (bicyclic) bond motifs is 1. The fourth-order valence-corrected chi connectivity index (χ4v) is 2.95. The predicted molar refractivity (Wildman–Crippen MR) is 111 cm³/mol. The van der Waals surface area contributed by atoms with E-state index in [1.54, 1.807) is 12.3 Å². The van der Waals surface area contributed by atoms with Gasteiger partial charge in [0.15, 0.2) is 0 Å². The number of carbonyl (C=O) groups excluding carboxylic acids is 1. The maximum Gasteiger partial charge on any atom is 0.272 e. The zero-order valence-electron chi connectivity index (χ0n) is 15.3. The number of pyridine rings is 2. The van der Waals surface area contributed by atoms with Crippen LogP contribution in [0.2, 0.25) is 0 Å². The zero-order valence-corrected chi connectivity index (χ0v) is 15.3. The molecule has 5 nitrogen and oxygen atoms in total. The Hall–Kier alpha value is -3.86. The van der Waals surface area contributed by atoms with Gasteiger partial charge in [-0.25, -0.2) is 10.4 Å². The molecule has 2 aromatic carbocycles. The maximum atomic E-state index is 12.9. The molecule has 28 heavy (non-hydrogen) atoms. The molecule has 0 unspecified atom stereocenters. The van der Waals surface area contributed by atoms with Gasteiger partial charge in [0.2, 0.25) is 0 Å². The largest absolute Gasteiger partial charge is 0.272 e. The highest BCUT2D eigenvalue weighted by molar-refractivity contribution is 6.08. The number of nitrogens with one attached hydrogen (secondary N) is 1. The molecule has 1 amide bonds. The third kappa shape index (κ3) is 3.64. The first-order valence-electron chi connectivity index (χ1n) is 8.93. The van der Waals surface area contributed by atoms with E-state index in [1.807, 2.05) is 79.7 Å². The number of hydrazone groups is 1. The summed E-state index contributed by atoms with van der Waals surface area (Å²) in [5.41, 5.74) is 6.99. The third-order valence-corrected chi connectivity index (χ3v) is 4.39. The highest BCUT2D eigenvalue weighted by Crippen LogP contribution is 2.24. The van der Waals surface area contributed by atoms with Gasteiger partial charge in [-0.05, 0) is 31.2 Å². The summed E-state index contributed by atoms with van der Waals surface area (Å²) in [4.78, 5) is 21.9. The summed E-state index contributed by atoms with van der Waals surface area (Å²) in [6.07, 6.45) is 1.69. The van der Waals surface area contributed by atoms with Crippen LogP contribution in [0, 0.1) is 0 Å². The Kier molecular flexibility index (Phi) is 4.89. The van der Waals surface area contributed by atoms with Gasteiger partial charge in [0.25, 0.3) is 5.91 Å². The topological polar surface area (TPSA) is 67.2 Å². The fraction of sp³-hybridized carbons (Fsp3) is 0.0435. The maximum absolute atomic E-state index is 12.9. The van der Waals surface area contributed by atoms with Crippen molar-refractivity contribution in [1.29, 1.82) is 0 Å². The number of para-hydroxylation sites is 1. The van der Waals surface area contributed by atoms with Gasteiger partial charge in [-0.1, -0.05) is 54.6 Å². The Bertz CT molecular complexity index is 1160. The molecule has 4 rings (SSSR count). The van der Waals surface area contributed by atoms with Crippen molar-refractivity contribution in [1.82, 2.24) is 15.4 Å². The van der Waals surface area contributed by atoms with Crippen molar-refractivity contribution in [3.63, 3.8) is 0 Å². The van der Waals surface area contributed by atoms with Crippen LogP contribution in [0.4, 0.5) is 0 Å². The van der Waals surface area contributed by atoms with Crippen LogP contribution < -0.4 is 5.43 Å². The van der Waals surface area contributed by atoms with Crippen molar-refractivity contribution in [2.45, 2.75) is 6.92 Å². The van der Waals surface area contributed by atoms with E-state index in [-0.39, 0.29) is 5.91 Å². The minimum absolute atomic E-state index is 0.286. The van der Waals surface area contributed by atoms with Gasteiger partial charge in [-0.15, -0.1) is 0 Å². The molecule has 0 bridgehead atoms. The lowest BCUT2D eigenvalue weighted by atomic mass is 10.0. The quantitative estimate of drug-likeness (QED) is 0.429. The average Bonchev–Trinajstić information content (AvgIpc) is 2.77. The molecule has 2 aromatic heterocycles. The summed E-state index contributed by atoms with van der Waals surface area (Å²) < 4.78 is 0. The molecule has 0 aliphatic carbocycles. The standard InChI is InChI=1S/C23H18N4O/c1-16(20-12-7-8-14-24-20)26-27-23(28)19-15-22(17-9-3-2-4-10-17)25-21-13-6-5-11-18(19)21/h2-15H,1H3,(H,27,28)/b26-16-. The minimum atomic E-state index is -0.286. The smallest absolute Gasteiger partial charge is 0.267 e. The van der Waals surface area contributed by atoms with Crippen molar-refractivity contribution in [2.75, 3.05) is 0 Å². The molecule has 0 aliphatic rings. The number of rotatable bonds is 4. The molecule has 1 N–H and O–H groups in total. The van der Waals surface area contributed by atoms with Crippen LogP contribution in [-0.2, 0) is 0 Å². The molecule has 0 aliphatic heterocycles. The van der Waals surface area contributed by atoms with E-state index in [1.165, 1.54) is 0 Å². The summed E-state index contributed by atoms with van der Waals surface area (Å²) >= 11 is 0. The normalized spacial score (nSPS) is 11.4. The van der Waals surface area contributed by atoms with Crippen molar-refractivity contribution >= 4 is 22.5 Å². The zero-order chi connectivity index (χ0) is 19.3. The second kappa shape index (κ2) is 7.80. The van der Waals surface area contributed by atoms with E-state index in [0.29, 0.717) is 17.0 Å². The molecule has 136 valence electrons. The monoisotopic (exact) mass is 366 g/mol. The number of hydrogen-bond acceptors (Lipinski definition) is 4. The summed E-state index contributed by atoms with van der Waals surface area (Å²) in [5, 5.41) is 5.00. The average molecular weight is 366 g/mol. The van der Waals surface area contributed by atoms with E-state index in [4.69, 9.17) is 4.98 Å². The van der Waals surface area contributed by atoms with E-state index >= 15 is 0 Å². The van der Waals surface area contributed by atoms with Gasteiger partial charge in [0, 0.05) is 17.1 Å². The fourth-order valence-electron chi connectivity index (χ4n) is 2.95. The molecular weight excluding hydrogens is 348 g/mol. The SMILES string of the molecule is C/C(=N/NC(=O)c1cc(-c2ccccc2)nc2ccccc12)c1ccccn1. The molecule has 0 spiro atoms. The molecule has 0 radical (unpaired) electrons. The van der Waals surface area contributed by atoms with E-state index < -0.39 is 0 Å². The van der Waals surface area contributed by atoms with Crippen molar-refractivity contribution in [3.8, 4) is 11.3 Å². The molecular formula is C23H18N4O. The van der Waals surface area contributed by atoms with Gasteiger partial charge in [-0.3, -0.25) is 9.78 Å². The highest BCUT2D eigenvalue weighted by Gasteiger charge is 2.13. The van der Waals surface area contributed by atoms with Gasteiger partial charge in [0.05, 0.1) is 28.2 Å². The van der Waals surface area contributed by atoms with Gasteiger partial charge < -0.3 is 0 Å². The van der Waals surface area contributed by atoms with E-state index in [0.717, 1.165) is 22.2 Å². The van der Waals surface area contributed by atoms with Crippen LogP contribution in [-0.4, -0.2) is 21.6 Å². The molecule has 4 aromatic rings. The second-order valence-electron chi connectivity index (χ2n) is 6.29. The predicted octanol–water partition coefficient (Wildman–Crippen LogP) is 4.45. The Morgan fingerprint density at radius 3 is 2.46 bits per heavy atom. The van der Waals surface area contributed by atoms with Gasteiger partial charge in [-0.2, -0.15) is 5.10 Å².